The van der Waals surface area contributed by atoms with Crippen molar-refractivity contribution in [2.45, 2.75) is 40.3 Å². The molecule has 1 nitrogen and oxygen atoms in total. The van der Waals surface area contributed by atoms with Crippen LogP contribution < -0.4 is 5.32 Å². The van der Waals surface area contributed by atoms with E-state index in [0.29, 0.717) is 6.04 Å². The van der Waals surface area contributed by atoms with Crippen LogP contribution in [0.2, 0.25) is 0 Å². The minimum atomic E-state index is 0.325. The summed E-state index contributed by atoms with van der Waals surface area (Å²) in [5, 5.41) is 3.63. The summed E-state index contributed by atoms with van der Waals surface area (Å²) in [5.74, 6) is 0. The van der Waals surface area contributed by atoms with E-state index in [4.69, 9.17) is 0 Å². The summed E-state index contributed by atoms with van der Waals surface area (Å²) in [5.41, 5.74) is 6.79. The van der Waals surface area contributed by atoms with Gasteiger partial charge in [0, 0.05) is 17.1 Å². The maximum Gasteiger partial charge on any atom is 0.0306 e. The molecule has 0 aliphatic rings. The quantitative estimate of drug-likeness (QED) is 0.809. The van der Waals surface area contributed by atoms with Gasteiger partial charge in [-0.2, -0.15) is 0 Å². The van der Waals surface area contributed by atoms with E-state index in [2.05, 4.69) is 85.3 Å². The Bertz CT molecular complexity index is 581. The second kappa shape index (κ2) is 6.55. The van der Waals surface area contributed by atoms with Crippen LogP contribution in [0.25, 0.3) is 0 Å². The number of halogens is 1. The monoisotopic (exact) mass is 331 g/mol. The minimum absolute atomic E-state index is 0.325. The van der Waals surface area contributed by atoms with Crippen LogP contribution in [0.5, 0.6) is 0 Å². The van der Waals surface area contributed by atoms with E-state index in [0.717, 1.165) is 11.0 Å². The van der Waals surface area contributed by atoms with E-state index < -0.39 is 0 Å². The van der Waals surface area contributed by atoms with Gasteiger partial charge in [-0.25, -0.2) is 0 Å². The molecular weight excluding hydrogens is 310 g/mol. The van der Waals surface area contributed by atoms with Gasteiger partial charge in [-0.05, 0) is 56.0 Å². The fraction of sp³-hybridized carbons (Fsp3) is 0.333. The van der Waals surface area contributed by atoms with Crippen molar-refractivity contribution in [3.8, 4) is 0 Å². The fourth-order valence-electron chi connectivity index (χ4n) is 2.68. The second-order valence-corrected chi connectivity index (χ2v) is 6.36. The largest absolute Gasteiger partial charge is 0.306 e. The highest BCUT2D eigenvalue weighted by atomic mass is 79.9. The van der Waals surface area contributed by atoms with Crippen molar-refractivity contribution in [1.82, 2.24) is 5.32 Å². The molecule has 0 radical (unpaired) electrons. The zero-order valence-electron chi connectivity index (χ0n) is 12.6. The molecule has 0 fully saturated rings. The lowest BCUT2D eigenvalue weighted by molar-refractivity contribution is 0.570. The summed E-state index contributed by atoms with van der Waals surface area (Å²) in [4.78, 5) is 0. The minimum Gasteiger partial charge on any atom is -0.306 e. The molecule has 0 saturated carbocycles. The first-order chi connectivity index (χ1) is 9.49. The summed E-state index contributed by atoms with van der Waals surface area (Å²) >= 11 is 3.62. The molecule has 2 heteroatoms. The van der Waals surface area contributed by atoms with Crippen molar-refractivity contribution in [2.24, 2.45) is 0 Å². The van der Waals surface area contributed by atoms with Gasteiger partial charge in [0.15, 0.2) is 0 Å². The van der Waals surface area contributed by atoms with Crippen molar-refractivity contribution < 1.29 is 0 Å². The van der Waals surface area contributed by atoms with Crippen LogP contribution in [0.15, 0.2) is 40.9 Å². The lowest BCUT2D eigenvalue weighted by atomic mass is 9.99. The second-order valence-electron chi connectivity index (χ2n) is 5.50. The molecule has 0 unspecified atom stereocenters. The number of hydrogen-bond donors (Lipinski definition) is 1. The molecule has 0 bridgehead atoms. The molecule has 106 valence electrons. The maximum absolute atomic E-state index is 3.63. The van der Waals surface area contributed by atoms with Gasteiger partial charge in [0.2, 0.25) is 0 Å². The lowest BCUT2D eigenvalue weighted by Gasteiger charge is -2.18. The van der Waals surface area contributed by atoms with Crippen molar-refractivity contribution in [3.05, 3.63) is 68.7 Å². The van der Waals surface area contributed by atoms with Gasteiger partial charge in [0.1, 0.15) is 0 Å². The van der Waals surface area contributed by atoms with E-state index in [9.17, 15) is 0 Å². The molecule has 0 spiro atoms. The zero-order chi connectivity index (χ0) is 14.7. The first-order valence-electron chi connectivity index (χ1n) is 7.03. The SMILES string of the molecule is Cc1cc(C)c(CN[C@@H](C)c2ccccc2Br)c(C)c1. The average molecular weight is 332 g/mol. The number of nitrogens with one attached hydrogen (secondary N) is 1. The van der Waals surface area contributed by atoms with Crippen molar-refractivity contribution in [3.63, 3.8) is 0 Å². The van der Waals surface area contributed by atoms with E-state index in [1.807, 2.05) is 0 Å². The Kier molecular flexibility index (Phi) is 5.00. The fourth-order valence-corrected chi connectivity index (χ4v) is 3.31. The first kappa shape index (κ1) is 15.3. The highest BCUT2D eigenvalue weighted by Crippen LogP contribution is 2.24. The van der Waals surface area contributed by atoms with Crippen molar-refractivity contribution in [2.75, 3.05) is 0 Å². The molecule has 1 N–H and O–H groups in total. The summed E-state index contributed by atoms with van der Waals surface area (Å²) in [7, 11) is 0. The van der Waals surface area contributed by atoms with Crippen LogP contribution in [0.3, 0.4) is 0 Å². The third-order valence-electron chi connectivity index (χ3n) is 3.80. The zero-order valence-corrected chi connectivity index (χ0v) is 14.2. The van der Waals surface area contributed by atoms with Crippen LogP contribution in [0, 0.1) is 20.8 Å². The molecule has 20 heavy (non-hydrogen) atoms. The Hall–Kier alpha value is -1.12. The maximum atomic E-state index is 3.63. The summed E-state index contributed by atoms with van der Waals surface area (Å²) in [6, 6.07) is 13.2. The molecular formula is C18H22BrN. The summed E-state index contributed by atoms with van der Waals surface area (Å²) in [6.45, 7) is 9.65. The Morgan fingerprint density at radius 3 is 2.25 bits per heavy atom. The molecule has 2 rings (SSSR count). The smallest absolute Gasteiger partial charge is 0.0306 e. The predicted octanol–water partition coefficient (Wildman–Crippen LogP) is 5.23. The van der Waals surface area contributed by atoms with Crippen LogP contribution in [0.4, 0.5) is 0 Å². The molecule has 2 aromatic carbocycles. The normalized spacial score (nSPS) is 12.4. The highest BCUT2D eigenvalue weighted by Gasteiger charge is 2.10. The Morgan fingerprint density at radius 2 is 1.65 bits per heavy atom. The number of benzene rings is 2. The van der Waals surface area contributed by atoms with Crippen LogP contribution in [-0.2, 0) is 6.54 Å². The van der Waals surface area contributed by atoms with E-state index in [1.165, 1.54) is 27.8 Å². The molecule has 1 atom stereocenters. The number of hydrogen-bond acceptors (Lipinski definition) is 1. The van der Waals surface area contributed by atoms with Gasteiger partial charge in [0.05, 0.1) is 0 Å². The third kappa shape index (κ3) is 3.50. The van der Waals surface area contributed by atoms with Gasteiger partial charge in [0.25, 0.3) is 0 Å². The molecule has 0 saturated heterocycles. The van der Waals surface area contributed by atoms with Crippen molar-refractivity contribution in [1.29, 1.82) is 0 Å². The first-order valence-corrected chi connectivity index (χ1v) is 7.83. The van der Waals surface area contributed by atoms with Gasteiger partial charge in [-0.1, -0.05) is 51.8 Å². The molecule has 0 amide bonds. The van der Waals surface area contributed by atoms with Gasteiger partial charge in [-0.15, -0.1) is 0 Å². The average Bonchev–Trinajstić information content (AvgIpc) is 2.37. The molecule has 0 heterocycles. The summed E-state index contributed by atoms with van der Waals surface area (Å²) in [6.07, 6.45) is 0. The standard InChI is InChI=1S/C18H22BrN/c1-12-9-13(2)17(14(3)10-12)11-20-15(4)16-7-5-6-8-18(16)19/h5-10,15,20H,11H2,1-4H3/t15-/m0/s1. The molecule has 2 aromatic rings. The van der Waals surface area contributed by atoms with E-state index in [1.54, 1.807) is 0 Å². The topological polar surface area (TPSA) is 12.0 Å². The predicted molar refractivity (Wildman–Crippen MR) is 90.0 cm³/mol. The Labute approximate surface area is 130 Å². The molecule has 0 aliphatic carbocycles. The van der Waals surface area contributed by atoms with Gasteiger partial charge < -0.3 is 5.32 Å². The van der Waals surface area contributed by atoms with Crippen LogP contribution in [-0.4, -0.2) is 0 Å². The number of rotatable bonds is 4. The van der Waals surface area contributed by atoms with Gasteiger partial charge >= 0.3 is 0 Å². The summed E-state index contributed by atoms with van der Waals surface area (Å²) < 4.78 is 1.16. The molecule has 0 aliphatic heterocycles. The third-order valence-corrected chi connectivity index (χ3v) is 4.52. The van der Waals surface area contributed by atoms with Crippen molar-refractivity contribution >= 4 is 15.9 Å². The van der Waals surface area contributed by atoms with Gasteiger partial charge in [-0.3, -0.25) is 0 Å². The van der Waals surface area contributed by atoms with E-state index in [-0.39, 0.29) is 0 Å². The lowest BCUT2D eigenvalue weighted by Crippen LogP contribution is -2.19. The van der Waals surface area contributed by atoms with Crippen LogP contribution in [0.1, 0.15) is 40.8 Å². The number of aryl methyl sites for hydroxylation is 3. The highest BCUT2D eigenvalue weighted by molar-refractivity contribution is 9.10. The molecule has 0 aromatic heterocycles. The van der Waals surface area contributed by atoms with E-state index >= 15 is 0 Å². The Morgan fingerprint density at radius 1 is 1.05 bits per heavy atom. The Balaban J connectivity index is 2.12. The van der Waals surface area contributed by atoms with Crippen LogP contribution >= 0.6 is 15.9 Å².